The van der Waals surface area contributed by atoms with Gasteiger partial charge in [0.05, 0.1) is 6.10 Å². The first-order chi connectivity index (χ1) is 9.30. The lowest BCUT2D eigenvalue weighted by molar-refractivity contribution is -0.121. The van der Waals surface area contributed by atoms with E-state index >= 15 is 0 Å². The Morgan fingerprint density at radius 2 is 1.85 bits per heavy atom. The fourth-order valence-corrected chi connectivity index (χ4v) is 2.46. The highest BCUT2D eigenvalue weighted by Gasteiger charge is 2.21. The van der Waals surface area contributed by atoms with Gasteiger partial charge in [-0.15, -0.1) is 0 Å². The molecule has 0 saturated carbocycles. The van der Waals surface area contributed by atoms with Gasteiger partial charge in [0.15, 0.2) is 0 Å². The lowest BCUT2D eigenvalue weighted by atomic mass is 9.87. The molecule has 0 heterocycles. The molecule has 0 bridgehead atoms. The third-order valence-corrected chi connectivity index (χ3v) is 3.47. The number of carbonyl (C=O) groups is 1. The third kappa shape index (κ3) is 6.20. The van der Waals surface area contributed by atoms with Crippen molar-refractivity contribution in [3.05, 3.63) is 35.9 Å². The molecule has 3 nitrogen and oxygen atoms in total. The van der Waals surface area contributed by atoms with Crippen molar-refractivity contribution in [3.8, 4) is 0 Å². The minimum atomic E-state index is -0.342. The van der Waals surface area contributed by atoms with Crippen molar-refractivity contribution >= 4 is 5.91 Å². The van der Waals surface area contributed by atoms with E-state index in [9.17, 15) is 9.90 Å². The molecule has 0 aliphatic heterocycles. The molecular weight excluding hydrogens is 250 g/mol. The van der Waals surface area contributed by atoms with Crippen LogP contribution in [0.1, 0.15) is 52.0 Å². The van der Waals surface area contributed by atoms with Crippen molar-refractivity contribution in [2.24, 2.45) is 5.41 Å². The molecule has 2 unspecified atom stereocenters. The van der Waals surface area contributed by atoms with Gasteiger partial charge in [-0.25, -0.2) is 0 Å². The van der Waals surface area contributed by atoms with Gasteiger partial charge in [0.1, 0.15) is 0 Å². The summed E-state index contributed by atoms with van der Waals surface area (Å²) < 4.78 is 0. The summed E-state index contributed by atoms with van der Waals surface area (Å²) in [6.07, 6.45) is 0.834. The van der Waals surface area contributed by atoms with Crippen molar-refractivity contribution in [1.29, 1.82) is 0 Å². The van der Waals surface area contributed by atoms with Gasteiger partial charge < -0.3 is 10.4 Å². The van der Waals surface area contributed by atoms with Gasteiger partial charge in [-0.2, -0.15) is 0 Å². The summed E-state index contributed by atoms with van der Waals surface area (Å²) >= 11 is 0. The summed E-state index contributed by atoms with van der Waals surface area (Å²) in [6.45, 7) is 8.55. The Morgan fingerprint density at radius 3 is 2.40 bits per heavy atom. The van der Waals surface area contributed by atoms with Gasteiger partial charge in [0, 0.05) is 13.0 Å². The van der Waals surface area contributed by atoms with Crippen LogP contribution >= 0.6 is 0 Å². The van der Waals surface area contributed by atoms with E-state index in [1.54, 1.807) is 6.92 Å². The van der Waals surface area contributed by atoms with E-state index in [-0.39, 0.29) is 23.3 Å². The number of benzene rings is 1. The largest absolute Gasteiger partial charge is 0.393 e. The number of aliphatic hydroxyl groups excluding tert-OH is 1. The van der Waals surface area contributed by atoms with E-state index in [1.807, 2.05) is 18.2 Å². The second-order valence-electron chi connectivity index (χ2n) is 6.51. The molecule has 3 heteroatoms. The van der Waals surface area contributed by atoms with Crippen molar-refractivity contribution < 1.29 is 9.90 Å². The Kier molecular flexibility index (Phi) is 6.21. The first-order valence-corrected chi connectivity index (χ1v) is 7.30. The van der Waals surface area contributed by atoms with E-state index < -0.39 is 0 Å². The Labute approximate surface area is 122 Å². The van der Waals surface area contributed by atoms with Crippen molar-refractivity contribution in [2.45, 2.75) is 52.6 Å². The van der Waals surface area contributed by atoms with E-state index in [0.29, 0.717) is 19.4 Å². The molecule has 1 amide bonds. The van der Waals surface area contributed by atoms with Crippen LogP contribution in [-0.4, -0.2) is 23.7 Å². The smallest absolute Gasteiger partial charge is 0.220 e. The zero-order valence-electron chi connectivity index (χ0n) is 13.0. The number of aliphatic hydroxyl groups is 1. The van der Waals surface area contributed by atoms with Crippen LogP contribution in [0.4, 0.5) is 0 Å². The fourth-order valence-electron chi connectivity index (χ4n) is 2.46. The van der Waals surface area contributed by atoms with Crippen LogP contribution in [0.15, 0.2) is 30.3 Å². The maximum atomic E-state index is 12.0. The van der Waals surface area contributed by atoms with Crippen LogP contribution in [0, 0.1) is 5.41 Å². The topological polar surface area (TPSA) is 49.3 Å². The molecule has 1 rings (SSSR count). The van der Waals surface area contributed by atoms with Crippen molar-refractivity contribution in [1.82, 2.24) is 5.32 Å². The maximum absolute atomic E-state index is 12.0. The molecule has 0 aliphatic carbocycles. The summed E-state index contributed by atoms with van der Waals surface area (Å²) in [5.41, 5.74) is 1.10. The Bertz CT molecular complexity index is 412. The molecule has 0 aliphatic rings. The van der Waals surface area contributed by atoms with E-state index in [4.69, 9.17) is 0 Å². The highest BCUT2D eigenvalue weighted by molar-refractivity contribution is 5.76. The number of hydrogen-bond acceptors (Lipinski definition) is 2. The molecule has 2 atom stereocenters. The summed E-state index contributed by atoms with van der Waals surface area (Å²) in [4.78, 5) is 12.0. The molecule has 2 N–H and O–H groups in total. The Hall–Kier alpha value is -1.35. The highest BCUT2D eigenvalue weighted by Crippen LogP contribution is 2.22. The Morgan fingerprint density at radius 1 is 1.25 bits per heavy atom. The van der Waals surface area contributed by atoms with E-state index in [1.165, 1.54) is 5.56 Å². The maximum Gasteiger partial charge on any atom is 0.220 e. The lowest BCUT2D eigenvalue weighted by Gasteiger charge is -2.26. The van der Waals surface area contributed by atoms with Crippen LogP contribution in [0.5, 0.6) is 0 Å². The number of rotatable bonds is 7. The van der Waals surface area contributed by atoms with Gasteiger partial charge >= 0.3 is 0 Å². The zero-order chi connectivity index (χ0) is 15.2. The SMILES string of the molecule is CC(O)CC(C)(C)CNC(=O)CC(C)c1ccccc1. The predicted molar refractivity (Wildman–Crippen MR) is 82.6 cm³/mol. The normalized spacial score (nSPS) is 14.7. The minimum Gasteiger partial charge on any atom is -0.393 e. The molecule has 0 spiro atoms. The standard InChI is InChI=1S/C17H27NO2/c1-13(15-8-6-5-7-9-15)10-16(20)18-12-17(3,4)11-14(2)19/h5-9,13-14,19H,10-12H2,1-4H3,(H,18,20). The van der Waals surface area contributed by atoms with Crippen LogP contribution < -0.4 is 5.32 Å². The molecule has 0 radical (unpaired) electrons. The molecule has 112 valence electrons. The summed E-state index contributed by atoms with van der Waals surface area (Å²) in [6, 6.07) is 10.1. The first kappa shape index (κ1) is 16.7. The van der Waals surface area contributed by atoms with Crippen molar-refractivity contribution in [2.75, 3.05) is 6.54 Å². The van der Waals surface area contributed by atoms with Crippen molar-refractivity contribution in [3.63, 3.8) is 0 Å². The second kappa shape index (κ2) is 7.44. The van der Waals surface area contributed by atoms with Crippen LogP contribution in [0.2, 0.25) is 0 Å². The van der Waals surface area contributed by atoms with Crippen LogP contribution in [0.25, 0.3) is 0 Å². The fraction of sp³-hybridized carbons (Fsp3) is 0.588. The number of carbonyl (C=O) groups excluding carboxylic acids is 1. The van der Waals surface area contributed by atoms with E-state index in [2.05, 4.69) is 38.2 Å². The number of amides is 1. The van der Waals surface area contributed by atoms with Gasteiger partial charge in [0.25, 0.3) is 0 Å². The van der Waals surface area contributed by atoms with Gasteiger partial charge in [-0.3, -0.25) is 4.79 Å². The van der Waals surface area contributed by atoms with Crippen LogP contribution in [0.3, 0.4) is 0 Å². The first-order valence-electron chi connectivity index (χ1n) is 7.30. The second-order valence-corrected chi connectivity index (χ2v) is 6.51. The van der Waals surface area contributed by atoms with E-state index in [0.717, 1.165) is 0 Å². The van der Waals surface area contributed by atoms with Gasteiger partial charge in [0.2, 0.25) is 5.91 Å². The van der Waals surface area contributed by atoms with Gasteiger partial charge in [-0.1, -0.05) is 51.1 Å². The average molecular weight is 277 g/mol. The molecule has 0 aromatic heterocycles. The molecule has 0 saturated heterocycles. The molecule has 1 aromatic carbocycles. The molecule has 0 fully saturated rings. The number of nitrogens with one attached hydrogen (secondary N) is 1. The molecular formula is C17H27NO2. The summed E-state index contributed by atoms with van der Waals surface area (Å²) in [5.74, 6) is 0.288. The summed E-state index contributed by atoms with van der Waals surface area (Å²) in [7, 11) is 0. The highest BCUT2D eigenvalue weighted by atomic mass is 16.3. The summed E-state index contributed by atoms with van der Waals surface area (Å²) in [5, 5.41) is 12.4. The minimum absolute atomic E-state index is 0.0695. The zero-order valence-corrected chi connectivity index (χ0v) is 13.0. The molecule has 20 heavy (non-hydrogen) atoms. The monoisotopic (exact) mass is 277 g/mol. The lowest BCUT2D eigenvalue weighted by Crippen LogP contribution is -2.36. The van der Waals surface area contributed by atoms with Crippen LogP contribution in [-0.2, 0) is 4.79 Å². The third-order valence-electron chi connectivity index (χ3n) is 3.47. The molecule has 1 aromatic rings. The van der Waals surface area contributed by atoms with Gasteiger partial charge in [-0.05, 0) is 30.2 Å². The quantitative estimate of drug-likeness (QED) is 0.804. The Balaban J connectivity index is 2.41. The number of hydrogen-bond donors (Lipinski definition) is 2. The predicted octanol–water partition coefficient (Wildman–Crippen LogP) is 3.09. The average Bonchev–Trinajstić information content (AvgIpc) is 2.36.